The number of carbonyl (C=O) groups excluding carboxylic acids is 1. The van der Waals surface area contributed by atoms with Crippen LogP contribution in [-0.2, 0) is 4.79 Å². The van der Waals surface area contributed by atoms with Crippen LogP contribution in [0.3, 0.4) is 0 Å². The Kier molecular flexibility index (Phi) is 5.41. The Labute approximate surface area is 98.4 Å². The van der Waals surface area contributed by atoms with E-state index in [1.54, 1.807) is 0 Å². The lowest BCUT2D eigenvalue weighted by atomic mass is 9.85. The van der Waals surface area contributed by atoms with Crippen molar-refractivity contribution in [2.24, 2.45) is 11.1 Å². The lowest BCUT2D eigenvalue weighted by molar-refractivity contribution is -0.201. The van der Waals surface area contributed by atoms with Gasteiger partial charge in [-0.2, -0.15) is 13.2 Å². The maximum Gasteiger partial charge on any atom is 0.416 e. The predicted molar refractivity (Wildman–Crippen MR) is 57.1 cm³/mol. The SMILES string of the molecule is CC(C)(C)C(N)CC(=O)NCC(O)C(F)(F)F. The molecule has 0 radical (unpaired) electrons. The highest BCUT2D eigenvalue weighted by Crippen LogP contribution is 2.20. The Balaban J connectivity index is 4.05. The van der Waals surface area contributed by atoms with Crippen LogP contribution in [0.15, 0.2) is 0 Å². The summed E-state index contributed by atoms with van der Waals surface area (Å²) >= 11 is 0. The molecule has 0 saturated heterocycles. The standard InChI is InChI=1S/C10H19F3N2O2/c1-9(2,3)6(14)4-8(17)15-5-7(16)10(11,12)13/h6-7,16H,4-5,14H2,1-3H3,(H,15,17). The number of alkyl halides is 3. The second-order valence-corrected chi connectivity index (χ2v) is 5.04. The first-order valence-corrected chi connectivity index (χ1v) is 5.21. The van der Waals surface area contributed by atoms with Gasteiger partial charge in [0.15, 0.2) is 6.10 Å². The minimum Gasteiger partial charge on any atom is -0.382 e. The van der Waals surface area contributed by atoms with Crippen molar-refractivity contribution in [3.63, 3.8) is 0 Å². The molecule has 102 valence electrons. The minimum absolute atomic E-state index is 0.0753. The minimum atomic E-state index is -4.72. The normalized spacial score (nSPS) is 16.5. The molecule has 0 spiro atoms. The maximum absolute atomic E-state index is 11.9. The highest BCUT2D eigenvalue weighted by atomic mass is 19.4. The number of aliphatic hydroxyl groups excluding tert-OH is 1. The van der Waals surface area contributed by atoms with E-state index in [-0.39, 0.29) is 11.8 Å². The third-order valence-electron chi connectivity index (χ3n) is 2.39. The van der Waals surface area contributed by atoms with Crippen LogP contribution in [0.1, 0.15) is 27.2 Å². The van der Waals surface area contributed by atoms with Crippen molar-refractivity contribution < 1.29 is 23.1 Å². The van der Waals surface area contributed by atoms with E-state index in [4.69, 9.17) is 10.8 Å². The fourth-order valence-corrected chi connectivity index (χ4v) is 0.904. The molecule has 0 heterocycles. The molecule has 0 rings (SSSR count). The highest BCUT2D eigenvalue weighted by Gasteiger charge is 2.38. The van der Waals surface area contributed by atoms with Gasteiger partial charge in [-0.15, -0.1) is 0 Å². The van der Waals surface area contributed by atoms with Gasteiger partial charge in [0, 0.05) is 12.5 Å². The molecule has 4 nitrogen and oxygen atoms in total. The zero-order valence-corrected chi connectivity index (χ0v) is 10.1. The predicted octanol–water partition coefficient (Wildman–Crippen LogP) is 0.789. The lowest BCUT2D eigenvalue weighted by Crippen LogP contribution is -2.44. The van der Waals surface area contributed by atoms with Crippen molar-refractivity contribution in [1.82, 2.24) is 5.32 Å². The van der Waals surface area contributed by atoms with E-state index in [1.165, 1.54) is 0 Å². The molecule has 0 aliphatic heterocycles. The summed E-state index contributed by atoms with van der Waals surface area (Å²) in [6.07, 6.45) is -7.34. The van der Waals surface area contributed by atoms with Crippen molar-refractivity contribution in [1.29, 1.82) is 0 Å². The molecular formula is C10H19F3N2O2. The second-order valence-electron chi connectivity index (χ2n) is 5.04. The molecule has 0 fully saturated rings. The van der Waals surface area contributed by atoms with Gasteiger partial charge in [-0.1, -0.05) is 20.8 Å². The van der Waals surface area contributed by atoms with E-state index in [0.29, 0.717) is 0 Å². The van der Waals surface area contributed by atoms with Gasteiger partial charge >= 0.3 is 6.18 Å². The summed E-state index contributed by atoms with van der Waals surface area (Å²) in [6.45, 7) is 4.64. The van der Waals surface area contributed by atoms with Crippen LogP contribution in [0.25, 0.3) is 0 Å². The molecule has 0 saturated carbocycles. The third kappa shape index (κ3) is 6.48. The van der Waals surface area contributed by atoms with Crippen molar-refractivity contribution >= 4 is 5.91 Å². The molecule has 2 unspecified atom stereocenters. The zero-order valence-electron chi connectivity index (χ0n) is 10.1. The number of hydrogen-bond acceptors (Lipinski definition) is 3. The molecule has 4 N–H and O–H groups in total. The number of nitrogens with one attached hydrogen (secondary N) is 1. The maximum atomic E-state index is 11.9. The molecule has 0 aromatic rings. The Morgan fingerprint density at radius 3 is 2.18 bits per heavy atom. The lowest BCUT2D eigenvalue weighted by Gasteiger charge is -2.26. The first-order valence-electron chi connectivity index (χ1n) is 5.21. The van der Waals surface area contributed by atoms with Crippen LogP contribution in [0, 0.1) is 5.41 Å². The number of rotatable bonds is 4. The van der Waals surface area contributed by atoms with E-state index in [2.05, 4.69) is 0 Å². The average molecular weight is 256 g/mol. The number of halogens is 3. The van der Waals surface area contributed by atoms with Gasteiger partial charge in [-0.05, 0) is 5.41 Å². The van der Waals surface area contributed by atoms with Crippen molar-refractivity contribution in [3.05, 3.63) is 0 Å². The van der Waals surface area contributed by atoms with Gasteiger partial charge in [-0.25, -0.2) is 0 Å². The summed E-state index contributed by atoms with van der Waals surface area (Å²) in [5.41, 5.74) is 5.39. The molecular weight excluding hydrogens is 237 g/mol. The quantitative estimate of drug-likeness (QED) is 0.696. The van der Waals surface area contributed by atoms with Crippen molar-refractivity contribution in [2.75, 3.05) is 6.54 Å². The first-order chi connectivity index (χ1) is 7.44. The zero-order chi connectivity index (χ0) is 13.9. The molecule has 0 aliphatic rings. The third-order valence-corrected chi connectivity index (χ3v) is 2.39. The number of amides is 1. The summed E-state index contributed by atoms with van der Waals surface area (Å²) in [7, 11) is 0. The Morgan fingerprint density at radius 2 is 1.82 bits per heavy atom. The molecule has 1 amide bonds. The number of hydrogen-bond donors (Lipinski definition) is 3. The summed E-state index contributed by atoms with van der Waals surface area (Å²) in [6, 6.07) is -0.453. The monoisotopic (exact) mass is 256 g/mol. The van der Waals surface area contributed by atoms with Gasteiger partial charge in [0.2, 0.25) is 5.91 Å². The largest absolute Gasteiger partial charge is 0.416 e. The van der Waals surface area contributed by atoms with Crippen molar-refractivity contribution in [3.8, 4) is 0 Å². The van der Waals surface area contributed by atoms with Gasteiger partial charge < -0.3 is 16.2 Å². The molecule has 17 heavy (non-hydrogen) atoms. The van der Waals surface area contributed by atoms with Crippen molar-refractivity contribution in [2.45, 2.75) is 45.5 Å². The number of carbonyl (C=O) groups is 1. The van der Waals surface area contributed by atoms with Gasteiger partial charge in [-0.3, -0.25) is 4.79 Å². The number of aliphatic hydroxyl groups is 1. The van der Waals surface area contributed by atoms with Gasteiger partial charge in [0.1, 0.15) is 0 Å². The van der Waals surface area contributed by atoms with Crippen LogP contribution in [0.4, 0.5) is 13.2 Å². The first kappa shape index (κ1) is 16.2. The fraction of sp³-hybridized carbons (Fsp3) is 0.900. The summed E-state index contributed by atoms with van der Waals surface area (Å²) < 4.78 is 35.8. The van der Waals surface area contributed by atoms with E-state index in [0.717, 1.165) is 0 Å². The molecule has 7 heteroatoms. The fourth-order valence-electron chi connectivity index (χ4n) is 0.904. The van der Waals surface area contributed by atoms with Crippen LogP contribution in [-0.4, -0.2) is 35.9 Å². The van der Waals surface area contributed by atoms with Crippen LogP contribution in [0.5, 0.6) is 0 Å². The Hall–Kier alpha value is -0.820. The molecule has 0 aliphatic carbocycles. The second kappa shape index (κ2) is 5.68. The van der Waals surface area contributed by atoms with Crippen LogP contribution in [0.2, 0.25) is 0 Å². The average Bonchev–Trinajstić information content (AvgIpc) is 2.10. The molecule has 0 aromatic carbocycles. The Bertz CT molecular complexity index is 261. The summed E-state index contributed by atoms with van der Waals surface area (Å²) in [5.74, 6) is -0.601. The highest BCUT2D eigenvalue weighted by molar-refractivity contribution is 5.76. The number of nitrogens with two attached hydrogens (primary N) is 1. The van der Waals surface area contributed by atoms with E-state index >= 15 is 0 Å². The van der Waals surface area contributed by atoms with Gasteiger partial charge in [0.25, 0.3) is 0 Å². The molecule has 0 bridgehead atoms. The smallest absolute Gasteiger partial charge is 0.382 e. The van der Waals surface area contributed by atoms with E-state index in [9.17, 15) is 18.0 Å². The van der Waals surface area contributed by atoms with Gasteiger partial charge in [0.05, 0.1) is 6.54 Å². The van der Waals surface area contributed by atoms with Crippen LogP contribution >= 0.6 is 0 Å². The van der Waals surface area contributed by atoms with E-state index < -0.39 is 30.8 Å². The van der Waals surface area contributed by atoms with Crippen LogP contribution < -0.4 is 11.1 Å². The molecule has 2 atom stereocenters. The molecule has 0 aromatic heterocycles. The topological polar surface area (TPSA) is 75.4 Å². The van der Waals surface area contributed by atoms with E-state index in [1.807, 2.05) is 26.1 Å². The Morgan fingerprint density at radius 1 is 1.35 bits per heavy atom. The summed E-state index contributed by atoms with van der Waals surface area (Å²) in [4.78, 5) is 11.3. The summed E-state index contributed by atoms with van der Waals surface area (Å²) in [5, 5.41) is 10.7.